The van der Waals surface area contributed by atoms with Gasteiger partial charge in [0.2, 0.25) is 11.8 Å². The van der Waals surface area contributed by atoms with Crippen LogP contribution in [0.5, 0.6) is 0 Å². The van der Waals surface area contributed by atoms with Crippen molar-refractivity contribution in [1.29, 1.82) is 0 Å². The van der Waals surface area contributed by atoms with Gasteiger partial charge in [0.1, 0.15) is 6.04 Å². The van der Waals surface area contributed by atoms with Gasteiger partial charge >= 0.3 is 0 Å². The van der Waals surface area contributed by atoms with Crippen molar-refractivity contribution in [1.82, 2.24) is 4.90 Å². The molecule has 0 unspecified atom stereocenters. The Labute approximate surface area is 150 Å². The summed E-state index contributed by atoms with van der Waals surface area (Å²) in [5.74, 6) is -0.0447. The highest BCUT2D eigenvalue weighted by atomic mass is 79.9. The quantitative estimate of drug-likeness (QED) is 0.811. The maximum absolute atomic E-state index is 12.7. The summed E-state index contributed by atoms with van der Waals surface area (Å²) < 4.78 is 0.933. The van der Waals surface area contributed by atoms with E-state index in [0.717, 1.165) is 15.7 Å². The van der Waals surface area contributed by atoms with Crippen LogP contribution in [0.4, 0.5) is 5.69 Å². The number of carbonyl (C=O) groups excluding carboxylic acids is 2. The van der Waals surface area contributed by atoms with Crippen LogP contribution >= 0.6 is 15.9 Å². The maximum Gasteiger partial charge on any atom is 0.249 e. The fourth-order valence-electron chi connectivity index (χ4n) is 2.98. The zero-order valence-corrected chi connectivity index (χ0v) is 15.1. The second kappa shape index (κ2) is 7.18. The zero-order chi connectivity index (χ0) is 17.1. The first-order valence-corrected chi connectivity index (χ1v) is 8.76. The summed E-state index contributed by atoms with van der Waals surface area (Å²) >= 11 is 3.43. The SMILES string of the molecule is C[C@H]1C(=O)N(c2cccc(Br)c2)CCN1C(=O)Cc1ccccc1. The van der Waals surface area contributed by atoms with Gasteiger partial charge in [0.25, 0.3) is 0 Å². The molecule has 1 aliphatic heterocycles. The monoisotopic (exact) mass is 386 g/mol. The van der Waals surface area contributed by atoms with Crippen LogP contribution in [0.1, 0.15) is 12.5 Å². The molecule has 1 saturated heterocycles. The van der Waals surface area contributed by atoms with Crippen LogP contribution in [0.2, 0.25) is 0 Å². The number of hydrogen-bond donors (Lipinski definition) is 0. The van der Waals surface area contributed by atoms with Gasteiger partial charge in [-0.05, 0) is 30.7 Å². The molecule has 2 aromatic carbocycles. The molecule has 0 bridgehead atoms. The first-order chi connectivity index (χ1) is 11.6. The van der Waals surface area contributed by atoms with Gasteiger partial charge in [0.15, 0.2) is 0 Å². The van der Waals surface area contributed by atoms with Gasteiger partial charge in [-0.25, -0.2) is 0 Å². The summed E-state index contributed by atoms with van der Waals surface area (Å²) in [6, 6.07) is 16.9. The number of anilines is 1. The lowest BCUT2D eigenvalue weighted by atomic mass is 10.1. The molecule has 3 rings (SSSR count). The third kappa shape index (κ3) is 3.51. The molecule has 1 atom stereocenters. The molecule has 1 fully saturated rings. The van der Waals surface area contributed by atoms with E-state index in [0.29, 0.717) is 19.5 Å². The van der Waals surface area contributed by atoms with Gasteiger partial charge in [-0.15, -0.1) is 0 Å². The van der Waals surface area contributed by atoms with Crippen LogP contribution in [0.15, 0.2) is 59.1 Å². The van der Waals surface area contributed by atoms with Crippen molar-refractivity contribution in [2.75, 3.05) is 18.0 Å². The minimum Gasteiger partial charge on any atom is -0.329 e. The molecule has 0 N–H and O–H groups in total. The molecule has 4 nitrogen and oxygen atoms in total. The van der Waals surface area contributed by atoms with Gasteiger partial charge in [0.05, 0.1) is 6.42 Å². The molecule has 2 amide bonds. The summed E-state index contributed by atoms with van der Waals surface area (Å²) in [5, 5.41) is 0. The van der Waals surface area contributed by atoms with Crippen LogP contribution in [0.25, 0.3) is 0 Å². The van der Waals surface area contributed by atoms with Crippen molar-refractivity contribution in [2.24, 2.45) is 0 Å². The number of hydrogen-bond acceptors (Lipinski definition) is 2. The molecule has 0 saturated carbocycles. The average molecular weight is 387 g/mol. The van der Waals surface area contributed by atoms with Crippen molar-refractivity contribution in [3.63, 3.8) is 0 Å². The second-order valence-electron chi connectivity index (χ2n) is 5.90. The van der Waals surface area contributed by atoms with E-state index in [1.807, 2.05) is 54.6 Å². The Bertz CT molecular complexity index is 748. The predicted octanol–water partition coefficient (Wildman–Crippen LogP) is 3.26. The Kier molecular flexibility index (Phi) is 5.00. The highest BCUT2D eigenvalue weighted by Crippen LogP contribution is 2.24. The number of piperazine rings is 1. The van der Waals surface area contributed by atoms with Crippen LogP contribution < -0.4 is 4.90 Å². The molecule has 0 spiro atoms. The molecule has 124 valence electrons. The summed E-state index contributed by atoms with van der Waals surface area (Å²) in [6.45, 7) is 2.86. The topological polar surface area (TPSA) is 40.6 Å². The highest BCUT2D eigenvalue weighted by molar-refractivity contribution is 9.10. The van der Waals surface area contributed by atoms with Gasteiger partial charge in [-0.2, -0.15) is 0 Å². The normalized spacial score (nSPS) is 17.9. The Morgan fingerprint density at radius 2 is 1.88 bits per heavy atom. The van der Waals surface area contributed by atoms with E-state index in [9.17, 15) is 9.59 Å². The van der Waals surface area contributed by atoms with Crippen LogP contribution in [-0.2, 0) is 16.0 Å². The molecule has 5 heteroatoms. The van der Waals surface area contributed by atoms with Gasteiger partial charge in [-0.1, -0.05) is 52.3 Å². The number of nitrogens with zero attached hydrogens (tertiary/aromatic N) is 2. The van der Waals surface area contributed by atoms with E-state index in [-0.39, 0.29) is 11.8 Å². The van der Waals surface area contributed by atoms with E-state index < -0.39 is 6.04 Å². The lowest BCUT2D eigenvalue weighted by Gasteiger charge is -2.39. The van der Waals surface area contributed by atoms with Crippen molar-refractivity contribution in [3.8, 4) is 0 Å². The van der Waals surface area contributed by atoms with E-state index in [1.165, 1.54) is 0 Å². The lowest BCUT2D eigenvalue weighted by Crippen LogP contribution is -2.58. The molecule has 0 aliphatic carbocycles. The maximum atomic E-state index is 12.7. The average Bonchev–Trinajstić information content (AvgIpc) is 2.58. The van der Waals surface area contributed by atoms with Crippen molar-refractivity contribution in [3.05, 3.63) is 64.6 Å². The first-order valence-electron chi connectivity index (χ1n) is 7.96. The highest BCUT2D eigenvalue weighted by Gasteiger charge is 2.34. The van der Waals surface area contributed by atoms with E-state index in [2.05, 4.69) is 15.9 Å². The van der Waals surface area contributed by atoms with Crippen LogP contribution in [0.3, 0.4) is 0 Å². The Morgan fingerprint density at radius 3 is 2.58 bits per heavy atom. The largest absolute Gasteiger partial charge is 0.329 e. The Balaban J connectivity index is 1.71. The molecule has 0 aromatic heterocycles. The van der Waals surface area contributed by atoms with Crippen molar-refractivity contribution >= 4 is 33.4 Å². The third-order valence-electron chi connectivity index (χ3n) is 4.29. The van der Waals surface area contributed by atoms with Gasteiger partial charge < -0.3 is 9.80 Å². The van der Waals surface area contributed by atoms with Crippen LogP contribution in [0, 0.1) is 0 Å². The molecular formula is C19H19BrN2O2. The zero-order valence-electron chi connectivity index (χ0n) is 13.5. The first kappa shape index (κ1) is 16.7. The second-order valence-corrected chi connectivity index (χ2v) is 6.81. The van der Waals surface area contributed by atoms with E-state index >= 15 is 0 Å². The summed E-state index contributed by atoms with van der Waals surface area (Å²) in [4.78, 5) is 28.7. The number of benzene rings is 2. The van der Waals surface area contributed by atoms with E-state index in [4.69, 9.17) is 0 Å². The smallest absolute Gasteiger partial charge is 0.249 e. The number of halogens is 1. The standard InChI is InChI=1S/C19H19BrN2O2/c1-14-19(24)22(17-9-5-8-16(20)13-17)11-10-21(14)18(23)12-15-6-3-2-4-7-15/h2-9,13-14H,10-12H2,1H3/t14-/m0/s1. The molecule has 0 radical (unpaired) electrons. The van der Waals surface area contributed by atoms with Crippen LogP contribution in [-0.4, -0.2) is 35.8 Å². The van der Waals surface area contributed by atoms with E-state index in [1.54, 1.807) is 16.7 Å². The van der Waals surface area contributed by atoms with Gasteiger partial charge in [0, 0.05) is 23.2 Å². The fraction of sp³-hybridized carbons (Fsp3) is 0.263. The summed E-state index contributed by atoms with van der Waals surface area (Å²) in [7, 11) is 0. The minimum atomic E-state index is -0.450. The molecule has 24 heavy (non-hydrogen) atoms. The summed E-state index contributed by atoms with van der Waals surface area (Å²) in [6.07, 6.45) is 0.329. The van der Waals surface area contributed by atoms with Gasteiger partial charge in [-0.3, -0.25) is 9.59 Å². The molecule has 2 aromatic rings. The minimum absolute atomic E-state index is 0.00376. The summed E-state index contributed by atoms with van der Waals surface area (Å²) in [5.41, 5.74) is 1.83. The Hall–Kier alpha value is -2.14. The fourth-order valence-corrected chi connectivity index (χ4v) is 3.37. The molecule has 1 heterocycles. The molecular weight excluding hydrogens is 368 g/mol. The predicted molar refractivity (Wildman–Crippen MR) is 97.8 cm³/mol. The molecule has 1 aliphatic rings. The van der Waals surface area contributed by atoms with Crippen molar-refractivity contribution in [2.45, 2.75) is 19.4 Å². The number of amides is 2. The number of rotatable bonds is 3. The number of carbonyl (C=O) groups is 2. The lowest BCUT2D eigenvalue weighted by molar-refractivity contribution is -0.140. The third-order valence-corrected chi connectivity index (χ3v) is 4.79. The van der Waals surface area contributed by atoms with Crippen molar-refractivity contribution < 1.29 is 9.59 Å². The Morgan fingerprint density at radius 1 is 1.12 bits per heavy atom.